The number of imidazole rings is 1. The molecule has 1 aliphatic rings. The SMILES string of the molecule is C=CCOc1ccc(C(O)=C2C(=O)C(=O)N(CCCn3ccnc3)[C@H]2c2ccc(C(C)(C)C)cc2)cc1. The highest BCUT2D eigenvalue weighted by Gasteiger charge is 2.45. The van der Waals surface area contributed by atoms with Crippen molar-refractivity contribution in [3.63, 3.8) is 0 Å². The van der Waals surface area contributed by atoms with Crippen LogP contribution in [-0.2, 0) is 21.5 Å². The number of ether oxygens (including phenoxy) is 1. The van der Waals surface area contributed by atoms with E-state index in [2.05, 4.69) is 32.3 Å². The lowest BCUT2D eigenvalue weighted by molar-refractivity contribution is -0.139. The van der Waals surface area contributed by atoms with Crippen LogP contribution in [0.15, 0.2) is 85.5 Å². The number of amides is 1. The number of benzene rings is 2. The van der Waals surface area contributed by atoms with E-state index in [1.165, 1.54) is 0 Å². The van der Waals surface area contributed by atoms with Gasteiger partial charge in [-0.2, -0.15) is 0 Å². The molecular weight excluding hydrogens is 466 g/mol. The van der Waals surface area contributed by atoms with Crippen molar-refractivity contribution in [3.05, 3.63) is 102 Å². The van der Waals surface area contributed by atoms with E-state index in [4.69, 9.17) is 4.74 Å². The first-order valence-corrected chi connectivity index (χ1v) is 12.4. The van der Waals surface area contributed by atoms with E-state index in [0.29, 0.717) is 37.4 Å². The number of aryl methyl sites for hydroxylation is 1. The summed E-state index contributed by atoms with van der Waals surface area (Å²) < 4.78 is 7.45. The molecule has 37 heavy (non-hydrogen) atoms. The van der Waals surface area contributed by atoms with Gasteiger partial charge in [0.15, 0.2) is 0 Å². The van der Waals surface area contributed by atoms with Gasteiger partial charge in [0.25, 0.3) is 11.7 Å². The minimum atomic E-state index is -0.687. The number of hydrogen-bond acceptors (Lipinski definition) is 5. The number of Topliss-reactive ketones (excluding diaryl/α,β-unsaturated/α-hetero) is 1. The Hall–Kier alpha value is -4.13. The standard InChI is InChI=1S/C30H33N3O4/c1-5-19-37-24-13-9-22(10-14-24)27(34)25-26(21-7-11-23(12-8-21)30(2,3)4)33(29(36)28(25)35)17-6-16-32-18-15-31-20-32/h5,7-15,18,20,26,34H,1,6,16-17,19H2,2-4H3/t26-/m0/s1. The molecule has 1 saturated heterocycles. The van der Waals surface area contributed by atoms with Gasteiger partial charge in [-0.1, -0.05) is 57.7 Å². The molecule has 2 heterocycles. The first kappa shape index (κ1) is 25.9. The molecule has 0 aliphatic carbocycles. The second-order valence-electron chi connectivity index (χ2n) is 10.1. The van der Waals surface area contributed by atoms with E-state index >= 15 is 0 Å². The molecule has 0 unspecified atom stereocenters. The minimum Gasteiger partial charge on any atom is -0.507 e. The summed E-state index contributed by atoms with van der Waals surface area (Å²) in [7, 11) is 0. The molecule has 1 N–H and O–H groups in total. The largest absolute Gasteiger partial charge is 0.507 e. The zero-order chi connectivity index (χ0) is 26.6. The van der Waals surface area contributed by atoms with Crippen molar-refractivity contribution in [3.8, 4) is 5.75 Å². The normalized spacial score (nSPS) is 17.3. The Morgan fingerprint density at radius 3 is 2.38 bits per heavy atom. The van der Waals surface area contributed by atoms with Crippen LogP contribution in [0.2, 0.25) is 0 Å². The fourth-order valence-corrected chi connectivity index (χ4v) is 4.48. The molecule has 0 saturated carbocycles. The number of aromatic nitrogens is 2. The van der Waals surface area contributed by atoms with Gasteiger partial charge in [0.05, 0.1) is 17.9 Å². The third-order valence-corrected chi connectivity index (χ3v) is 6.50. The summed E-state index contributed by atoms with van der Waals surface area (Å²) in [6.45, 7) is 11.4. The van der Waals surface area contributed by atoms with Crippen LogP contribution in [0, 0.1) is 0 Å². The molecule has 1 aromatic heterocycles. The average molecular weight is 500 g/mol. The van der Waals surface area contributed by atoms with Gasteiger partial charge >= 0.3 is 0 Å². The third-order valence-electron chi connectivity index (χ3n) is 6.50. The molecule has 7 heteroatoms. The van der Waals surface area contributed by atoms with Crippen LogP contribution in [0.4, 0.5) is 0 Å². The number of ketones is 1. The van der Waals surface area contributed by atoms with Gasteiger partial charge in [-0.05, 0) is 47.2 Å². The maximum atomic E-state index is 13.3. The molecule has 1 aliphatic heterocycles. The summed E-state index contributed by atoms with van der Waals surface area (Å²) in [6, 6.07) is 14.0. The van der Waals surface area contributed by atoms with Crippen molar-refractivity contribution in [2.24, 2.45) is 0 Å². The van der Waals surface area contributed by atoms with Gasteiger partial charge < -0.3 is 19.3 Å². The molecule has 4 rings (SSSR count). The topological polar surface area (TPSA) is 84.7 Å². The highest BCUT2D eigenvalue weighted by atomic mass is 16.5. The van der Waals surface area contributed by atoms with Crippen LogP contribution >= 0.6 is 0 Å². The van der Waals surface area contributed by atoms with Gasteiger partial charge in [0.2, 0.25) is 0 Å². The van der Waals surface area contributed by atoms with E-state index in [1.54, 1.807) is 47.8 Å². The van der Waals surface area contributed by atoms with Crippen molar-refractivity contribution >= 4 is 17.4 Å². The number of nitrogens with zero attached hydrogens (tertiary/aromatic N) is 3. The Kier molecular flexibility index (Phi) is 7.62. The van der Waals surface area contributed by atoms with Crippen LogP contribution < -0.4 is 4.74 Å². The number of rotatable bonds is 9. The molecule has 192 valence electrons. The van der Waals surface area contributed by atoms with Gasteiger partial charge in [-0.15, -0.1) is 0 Å². The summed E-state index contributed by atoms with van der Waals surface area (Å²) >= 11 is 0. The Bertz CT molecular complexity index is 1280. The first-order chi connectivity index (χ1) is 17.7. The lowest BCUT2D eigenvalue weighted by Crippen LogP contribution is -2.31. The highest BCUT2D eigenvalue weighted by molar-refractivity contribution is 6.46. The van der Waals surface area contributed by atoms with Gasteiger partial charge in [-0.25, -0.2) is 4.98 Å². The fraction of sp³-hybridized carbons (Fsp3) is 0.300. The number of carbonyl (C=O) groups excluding carboxylic acids is 2. The van der Waals surface area contributed by atoms with E-state index in [-0.39, 0.29) is 16.7 Å². The molecule has 1 fully saturated rings. The van der Waals surface area contributed by atoms with E-state index in [1.807, 2.05) is 35.0 Å². The number of aliphatic hydroxyl groups is 1. The Morgan fingerprint density at radius 2 is 1.78 bits per heavy atom. The van der Waals surface area contributed by atoms with Crippen molar-refractivity contribution in [2.45, 2.75) is 45.2 Å². The molecule has 1 atom stereocenters. The van der Waals surface area contributed by atoms with Crippen LogP contribution in [-0.4, -0.2) is 44.4 Å². The summed E-state index contributed by atoms with van der Waals surface area (Å²) in [5.41, 5.74) is 2.42. The lowest BCUT2D eigenvalue weighted by atomic mass is 9.85. The Morgan fingerprint density at radius 1 is 1.08 bits per heavy atom. The number of aliphatic hydroxyl groups excluding tert-OH is 1. The average Bonchev–Trinajstić information content (AvgIpc) is 3.49. The molecule has 7 nitrogen and oxygen atoms in total. The van der Waals surface area contributed by atoms with Crippen molar-refractivity contribution in [1.82, 2.24) is 14.5 Å². The van der Waals surface area contributed by atoms with Gasteiger partial charge in [0, 0.05) is 31.0 Å². The van der Waals surface area contributed by atoms with E-state index in [0.717, 1.165) is 11.1 Å². The molecule has 0 radical (unpaired) electrons. The smallest absolute Gasteiger partial charge is 0.295 e. The summed E-state index contributed by atoms with van der Waals surface area (Å²) in [5.74, 6) is -0.874. The maximum Gasteiger partial charge on any atom is 0.295 e. The first-order valence-electron chi connectivity index (χ1n) is 12.4. The zero-order valence-corrected chi connectivity index (χ0v) is 21.6. The predicted molar refractivity (Wildman–Crippen MR) is 143 cm³/mol. The van der Waals surface area contributed by atoms with E-state index in [9.17, 15) is 14.7 Å². The monoisotopic (exact) mass is 499 g/mol. The Labute approximate surface area is 217 Å². The number of hydrogen-bond donors (Lipinski definition) is 1. The Balaban J connectivity index is 1.71. The van der Waals surface area contributed by atoms with Crippen molar-refractivity contribution in [2.75, 3.05) is 13.2 Å². The van der Waals surface area contributed by atoms with Crippen LogP contribution in [0.1, 0.15) is 49.9 Å². The second-order valence-corrected chi connectivity index (χ2v) is 10.1. The van der Waals surface area contributed by atoms with Gasteiger partial charge in [0.1, 0.15) is 18.1 Å². The molecule has 0 spiro atoms. The summed E-state index contributed by atoms with van der Waals surface area (Å²) in [6.07, 6.45) is 7.57. The van der Waals surface area contributed by atoms with Crippen LogP contribution in [0.5, 0.6) is 5.75 Å². The van der Waals surface area contributed by atoms with Crippen LogP contribution in [0.25, 0.3) is 5.76 Å². The minimum absolute atomic E-state index is 0.0411. The van der Waals surface area contributed by atoms with Gasteiger partial charge in [-0.3, -0.25) is 9.59 Å². The molecule has 2 aromatic carbocycles. The lowest BCUT2D eigenvalue weighted by Gasteiger charge is -2.26. The highest BCUT2D eigenvalue weighted by Crippen LogP contribution is 2.40. The molecular formula is C30H33N3O4. The van der Waals surface area contributed by atoms with Crippen molar-refractivity contribution < 1.29 is 19.4 Å². The number of carbonyl (C=O) groups is 2. The van der Waals surface area contributed by atoms with Crippen molar-refractivity contribution in [1.29, 1.82) is 0 Å². The molecule has 3 aromatic rings. The number of likely N-dealkylation sites (tertiary alicyclic amines) is 1. The van der Waals surface area contributed by atoms with E-state index < -0.39 is 17.7 Å². The maximum absolute atomic E-state index is 13.3. The third kappa shape index (κ3) is 5.66. The zero-order valence-electron chi connectivity index (χ0n) is 21.6. The summed E-state index contributed by atoms with van der Waals surface area (Å²) in [4.78, 5) is 32.1. The quantitative estimate of drug-likeness (QED) is 0.188. The van der Waals surface area contributed by atoms with Crippen LogP contribution in [0.3, 0.4) is 0 Å². The predicted octanol–water partition coefficient (Wildman–Crippen LogP) is 5.26. The summed E-state index contributed by atoms with van der Waals surface area (Å²) in [5, 5.41) is 11.3. The molecule has 0 bridgehead atoms. The fourth-order valence-electron chi connectivity index (χ4n) is 4.48. The second kappa shape index (κ2) is 10.9. The molecule has 1 amide bonds.